The normalized spacial score (nSPS) is 10.6. The lowest BCUT2D eigenvalue weighted by molar-refractivity contribution is -0.138. The van der Waals surface area contributed by atoms with E-state index in [1.54, 1.807) is 18.2 Å². The van der Waals surface area contributed by atoms with Gasteiger partial charge in [0.05, 0.1) is 19.2 Å². The highest BCUT2D eigenvalue weighted by molar-refractivity contribution is 6.32. The Bertz CT molecular complexity index is 786. The van der Waals surface area contributed by atoms with E-state index in [1.165, 1.54) is 20.3 Å². The fourth-order valence-corrected chi connectivity index (χ4v) is 2.55. The van der Waals surface area contributed by atoms with Gasteiger partial charge in [0.15, 0.2) is 11.5 Å². The summed E-state index contributed by atoms with van der Waals surface area (Å²) in [7, 11) is 3.03. The van der Waals surface area contributed by atoms with Crippen LogP contribution in [0.25, 0.3) is 6.08 Å². The summed E-state index contributed by atoms with van der Waals surface area (Å²) in [5.41, 5.74) is 1.80. The molecule has 2 aromatic rings. The Kier molecular flexibility index (Phi) is 7.36. The second-order valence-electron chi connectivity index (χ2n) is 5.40. The first kappa shape index (κ1) is 19.7. The van der Waals surface area contributed by atoms with Gasteiger partial charge in [-0.3, -0.25) is 0 Å². The van der Waals surface area contributed by atoms with Gasteiger partial charge in [-0.1, -0.05) is 23.7 Å². The lowest BCUT2D eigenvalue weighted by Gasteiger charge is -2.10. The fraction of sp³-hybridized carbons (Fsp3) is 0.250. The molecule has 0 aromatic heterocycles. The summed E-state index contributed by atoms with van der Waals surface area (Å²) in [5.74, 6) is 1.21. The molecule has 0 heterocycles. The highest BCUT2D eigenvalue weighted by atomic mass is 35.5. The van der Waals surface area contributed by atoms with Gasteiger partial charge in [-0.15, -0.1) is 0 Å². The quantitative estimate of drug-likeness (QED) is 0.390. The topological polar surface area (TPSA) is 54.0 Å². The zero-order valence-corrected chi connectivity index (χ0v) is 15.7. The highest BCUT2D eigenvalue weighted by Crippen LogP contribution is 2.36. The van der Waals surface area contributed by atoms with E-state index in [9.17, 15) is 4.79 Å². The molecule has 0 atom stereocenters. The summed E-state index contributed by atoms with van der Waals surface area (Å²) in [5, 5.41) is 0.395. The summed E-state index contributed by atoms with van der Waals surface area (Å²) < 4.78 is 21.0. The van der Waals surface area contributed by atoms with E-state index in [2.05, 4.69) is 0 Å². The van der Waals surface area contributed by atoms with Crippen molar-refractivity contribution in [3.63, 3.8) is 0 Å². The predicted octanol–water partition coefficient (Wildman–Crippen LogP) is 4.30. The minimum Gasteiger partial charge on any atom is -0.493 e. The van der Waals surface area contributed by atoms with Gasteiger partial charge in [0.25, 0.3) is 0 Å². The molecule has 2 rings (SSSR count). The van der Waals surface area contributed by atoms with E-state index >= 15 is 0 Å². The number of carbonyl (C=O) groups is 1. The van der Waals surface area contributed by atoms with Gasteiger partial charge < -0.3 is 18.9 Å². The van der Waals surface area contributed by atoms with Crippen molar-refractivity contribution in [2.45, 2.75) is 6.92 Å². The molecule has 2 aromatic carbocycles. The maximum Gasteiger partial charge on any atom is 0.330 e. The Balaban J connectivity index is 1.84. The van der Waals surface area contributed by atoms with Crippen LogP contribution < -0.4 is 14.2 Å². The molecule has 0 aliphatic heterocycles. The van der Waals surface area contributed by atoms with E-state index in [4.69, 9.17) is 30.5 Å². The average molecular weight is 377 g/mol. The van der Waals surface area contributed by atoms with Crippen LogP contribution in [0.1, 0.15) is 11.1 Å². The number of hydrogen-bond acceptors (Lipinski definition) is 5. The van der Waals surface area contributed by atoms with Crippen molar-refractivity contribution in [1.29, 1.82) is 0 Å². The molecule has 0 unspecified atom stereocenters. The maximum atomic E-state index is 11.8. The van der Waals surface area contributed by atoms with Crippen LogP contribution in [0.3, 0.4) is 0 Å². The van der Waals surface area contributed by atoms with Gasteiger partial charge in [-0.05, 0) is 48.4 Å². The van der Waals surface area contributed by atoms with E-state index in [1.807, 2.05) is 31.2 Å². The average Bonchev–Trinajstić information content (AvgIpc) is 2.63. The first-order chi connectivity index (χ1) is 12.5. The van der Waals surface area contributed by atoms with Gasteiger partial charge in [0, 0.05) is 6.08 Å². The molecule has 0 radical (unpaired) electrons. The molecule has 0 saturated heterocycles. The van der Waals surface area contributed by atoms with E-state index in [0.717, 1.165) is 11.3 Å². The molecule has 26 heavy (non-hydrogen) atoms. The Morgan fingerprint density at radius 2 is 1.92 bits per heavy atom. The molecule has 0 amide bonds. The van der Waals surface area contributed by atoms with E-state index < -0.39 is 5.97 Å². The second kappa shape index (κ2) is 9.73. The van der Waals surface area contributed by atoms with Crippen molar-refractivity contribution in [2.24, 2.45) is 0 Å². The van der Waals surface area contributed by atoms with Crippen LogP contribution in [-0.2, 0) is 9.53 Å². The highest BCUT2D eigenvalue weighted by Gasteiger charge is 2.10. The summed E-state index contributed by atoms with van der Waals surface area (Å²) >= 11 is 6.13. The molecule has 0 fully saturated rings. The van der Waals surface area contributed by atoms with Crippen LogP contribution in [0.2, 0.25) is 5.02 Å². The van der Waals surface area contributed by atoms with Crippen LogP contribution >= 0.6 is 11.6 Å². The fourth-order valence-electron chi connectivity index (χ4n) is 2.25. The Labute approximate surface area is 158 Å². The van der Waals surface area contributed by atoms with Crippen LogP contribution in [0.4, 0.5) is 0 Å². The maximum absolute atomic E-state index is 11.8. The summed E-state index contributed by atoms with van der Waals surface area (Å²) in [6.07, 6.45) is 2.92. The molecule has 5 nitrogen and oxygen atoms in total. The number of rotatable bonds is 8. The van der Waals surface area contributed by atoms with E-state index in [-0.39, 0.29) is 13.2 Å². The first-order valence-electron chi connectivity index (χ1n) is 7.99. The number of methoxy groups -OCH3 is 2. The summed E-state index contributed by atoms with van der Waals surface area (Å²) in [6.45, 7) is 2.42. The number of benzene rings is 2. The molecule has 0 aliphatic rings. The molecule has 138 valence electrons. The Morgan fingerprint density at radius 1 is 1.12 bits per heavy atom. The standard InChI is InChI=1S/C20H21ClO5/c1-14-5-4-6-16(11-14)25-9-10-26-19(22)8-7-15-12-17(21)20(24-3)18(13-15)23-2/h4-8,11-13H,9-10H2,1-3H3/b8-7+. The number of hydrogen-bond donors (Lipinski definition) is 0. The monoisotopic (exact) mass is 376 g/mol. The molecule has 6 heteroatoms. The van der Waals surface area contributed by atoms with E-state index in [0.29, 0.717) is 22.1 Å². The third kappa shape index (κ3) is 5.70. The molecule has 0 spiro atoms. The number of ether oxygens (including phenoxy) is 4. The van der Waals surface area contributed by atoms with Crippen molar-refractivity contribution in [2.75, 3.05) is 27.4 Å². The molecule has 0 saturated carbocycles. The Morgan fingerprint density at radius 3 is 2.62 bits per heavy atom. The number of carbonyl (C=O) groups excluding carboxylic acids is 1. The smallest absolute Gasteiger partial charge is 0.330 e. The van der Waals surface area contributed by atoms with Crippen molar-refractivity contribution in [3.8, 4) is 17.2 Å². The summed E-state index contributed by atoms with van der Waals surface area (Å²) in [4.78, 5) is 11.8. The third-order valence-electron chi connectivity index (χ3n) is 3.45. The van der Waals surface area contributed by atoms with Crippen molar-refractivity contribution in [3.05, 3.63) is 58.6 Å². The molecule has 0 aliphatic carbocycles. The largest absolute Gasteiger partial charge is 0.493 e. The lowest BCUT2D eigenvalue weighted by Crippen LogP contribution is -2.10. The Hall–Kier alpha value is -2.66. The number of esters is 1. The molecular formula is C20H21ClO5. The minimum absolute atomic E-state index is 0.157. The van der Waals surface area contributed by atoms with Gasteiger partial charge in [-0.25, -0.2) is 4.79 Å². The first-order valence-corrected chi connectivity index (χ1v) is 8.37. The van der Waals surface area contributed by atoms with Crippen molar-refractivity contribution < 1.29 is 23.7 Å². The van der Waals surface area contributed by atoms with Crippen LogP contribution in [0.5, 0.6) is 17.2 Å². The van der Waals surface area contributed by atoms with Gasteiger partial charge in [0.2, 0.25) is 0 Å². The van der Waals surface area contributed by atoms with Crippen LogP contribution in [-0.4, -0.2) is 33.4 Å². The zero-order valence-electron chi connectivity index (χ0n) is 15.0. The summed E-state index contributed by atoms with van der Waals surface area (Å²) in [6, 6.07) is 11.1. The third-order valence-corrected chi connectivity index (χ3v) is 3.73. The van der Waals surface area contributed by atoms with Gasteiger partial charge in [-0.2, -0.15) is 0 Å². The number of aryl methyl sites for hydroxylation is 1. The van der Waals surface area contributed by atoms with Crippen LogP contribution in [0, 0.1) is 6.92 Å². The van der Waals surface area contributed by atoms with Crippen molar-refractivity contribution >= 4 is 23.6 Å². The predicted molar refractivity (Wildman–Crippen MR) is 101 cm³/mol. The second-order valence-corrected chi connectivity index (χ2v) is 5.81. The van der Waals surface area contributed by atoms with Gasteiger partial charge in [0.1, 0.15) is 19.0 Å². The van der Waals surface area contributed by atoms with Gasteiger partial charge >= 0.3 is 5.97 Å². The molecule has 0 bridgehead atoms. The molecule has 0 N–H and O–H groups in total. The van der Waals surface area contributed by atoms with Crippen LogP contribution in [0.15, 0.2) is 42.5 Å². The molecular weight excluding hydrogens is 356 g/mol. The number of halogens is 1. The SMILES string of the molecule is COc1cc(/C=C/C(=O)OCCOc2cccc(C)c2)cc(Cl)c1OC. The zero-order chi connectivity index (χ0) is 18.9. The lowest BCUT2D eigenvalue weighted by atomic mass is 10.2. The van der Waals surface area contributed by atoms with Crippen molar-refractivity contribution in [1.82, 2.24) is 0 Å². The minimum atomic E-state index is -0.469.